The summed E-state index contributed by atoms with van der Waals surface area (Å²) < 4.78 is 0. The lowest BCUT2D eigenvalue weighted by Crippen LogP contribution is -2.41. The summed E-state index contributed by atoms with van der Waals surface area (Å²) in [5, 5.41) is 11.2. The molecule has 0 aromatic heterocycles. The van der Waals surface area contributed by atoms with Crippen LogP contribution >= 0.6 is 11.6 Å². The van der Waals surface area contributed by atoms with Gasteiger partial charge in [0.1, 0.15) is 5.02 Å². The van der Waals surface area contributed by atoms with Crippen LogP contribution in [-0.4, -0.2) is 22.4 Å². The number of nitro benzene ring substituents is 1. The van der Waals surface area contributed by atoms with Crippen LogP contribution in [0.4, 0.5) is 5.69 Å². The van der Waals surface area contributed by atoms with E-state index in [1.807, 2.05) is 6.07 Å². The number of nitrogens with zero attached hydrogens (tertiary/aromatic N) is 2. The quantitative estimate of drug-likeness (QED) is 0.625. The molecule has 108 valence electrons. The fourth-order valence-corrected chi connectivity index (χ4v) is 3.97. The van der Waals surface area contributed by atoms with Gasteiger partial charge in [-0.1, -0.05) is 24.1 Å². The number of halogens is 1. The lowest BCUT2D eigenvalue weighted by molar-refractivity contribution is -0.384. The van der Waals surface area contributed by atoms with E-state index in [1.165, 1.54) is 32.1 Å². The van der Waals surface area contributed by atoms with Gasteiger partial charge in [-0.3, -0.25) is 15.0 Å². The van der Waals surface area contributed by atoms with E-state index >= 15 is 0 Å². The Balaban J connectivity index is 1.77. The molecule has 2 atom stereocenters. The minimum atomic E-state index is -0.402. The molecule has 1 saturated carbocycles. The zero-order valence-corrected chi connectivity index (χ0v) is 12.2. The van der Waals surface area contributed by atoms with Gasteiger partial charge in [0.2, 0.25) is 0 Å². The molecule has 1 aliphatic carbocycles. The Morgan fingerprint density at radius 3 is 2.90 bits per heavy atom. The predicted molar refractivity (Wildman–Crippen MR) is 78.9 cm³/mol. The van der Waals surface area contributed by atoms with Gasteiger partial charge in [-0.25, -0.2) is 0 Å². The van der Waals surface area contributed by atoms with Crippen LogP contribution in [0.3, 0.4) is 0 Å². The van der Waals surface area contributed by atoms with E-state index in [2.05, 4.69) is 4.90 Å². The Bertz CT molecular complexity index is 521. The average molecular weight is 295 g/mol. The fraction of sp³-hybridized carbons (Fsp3) is 0.600. The number of hydrogen-bond donors (Lipinski definition) is 0. The van der Waals surface area contributed by atoms with Gasteiger partial charge in [0.05, 0.1) is 4.92 Å². The van der Waals surface area contributed by atoms with Crippen LogP contribution in [0.25, 0.3) is 0 Å². The molecule has 3 rings (SSSR count). The first kappa shape index (κ1) is 13.8. The van der Waals surface area contributed by atoms with Gasteiger partial charge in [0.25, 0.3) is 5.69 Å². The van der Waals surface area contributed by atoms with Crippen molar-refractivity contribution in [3.05, 3.63) is 38.9 Å². The number of benzene rings is 1. The van der Waals surface area contributed by atoms with Crippen molar-refractivity contribution in [2.45, 2.75) is 44.7 Å². The third kappa shape index (κ3) is 2.67. The lowest BCUT2D eigenvalue weighted by Gasteiger charge is -2.37. The maximum absolute atomic E-state index is 11.0. The molecular formula is C15H19ClN2O2. The first-order chi connectivity index (χ1) is 9.65. The van der Waals surface area contributed by atoms with E-state index in [1.54, 1.807) is 12.1 Å². The monoisotopic (exact) mass is 294 g/mol. The molecule has 2 aliphatic rings. The normalized spacial score (nSPS) is 26.4. The van der Waals surface area contributed by atoms with Crippen molar-refractivity contribution in [2.75, 3.05) is 6.54 Å². The van der Waals surface area contributed by atoms with Crippen LogP contribution in [0, 0.1) is 16.0 Å². The summed E-state index contributed by atoms with van der Waals surface area (Å²) in [4.78, 5) is 13.1. The van der Waals surface area contributed by atoms with Gasteiger partial charge in [-0.15, -0.1) is 0 Å². The molecule has 1 aromatic rings. The van der Waals surface area contributed by atoms with Crippen LogP contribution in [0.15, 0.2) is 18.2 Å². The molecule has 2 unspecified atom stereocenters. The van der Waals surface area contributed by atoms with Gasteiger partial charge in [0.15, 0.2) is 0 Å². The first-order valence-electron chi connectivity index (χ1n) is 7.32. The van der Waals surface area contributed by atoms with E-state index in [9.17, 15) is 10.1 Å². The Kier molecular flexibility index (Phi) is 3.94. The smallest absolute Gasteiger partial charge is 0.288 e. The summed E-state index contributed by atoms with van der Waals surface area (Å²) in [6.45, 7) is 1.91. The van der Waals surface area contributed by atoms with Crippen molar-refractivity contribution in [2.24, 2.45) is 5.92 Å². The van der Waals surface area contributed by atoms with E-state index < -0.39 is 4.92 Å². The van der Waals surface area contributed by atoms with Crippen LogP contribution < -0.4 is 0 Å². The van der Waals surface area contributed by atoms with Crippen molar-refractivity contribution >= 4 is 17.3 Å². The minimum Gasteiger partial charge on any atom is -0.296 e. The number of nitro groups is 1. The standard InChI is InChI=1S/C15H19ClN2O2/c16-13-7-6-11(9-15(13)18(19)20)10-17-8-2-4-12-3-1-5-14(12)17/h6-7,9,12,14H,1-5,8,10H2. The van der Waals surface area contributed by atoms with Crippen LogP contribution in [-0.2, 0) is 6.54 Å². The van der Waals surface area contributed by atoms with Gasteiger partial charge in [0, 0.05) is 18.7 Å². The van der Waals surface area contributed by atoms with E-state index in [4.69, 9.17) is 11.6 Å². The molecule has 0 bridgehead atoms. The van der Waals surface area contributed by atoms with Crippen molar-refractivity contribution in [3.8, 4) is 0 Å². The molecule has 0 N–H and O–H groups in total. The molecule has 0 radical (unpaired) electrons. The van der Waals surface area contributed by atoms with Gasteiger partial charge < -0.3 is 0 Å². The van der Waals surface area contributed by atoms with E-state index in [0.717, 1.165) is 24.6 Å². The highest BCUT2D eigenvalue weighted by Crippen LogP contribution is 2.37. The summed E-state index contributed by atoms with van der Waals surface area (Å²) in [6.07, 6.45) is 6.55. The highest BCUT2D eigenvalue weighted by atomic mass is 35.5. The SMILES string of the molecule is O=[N+]([O-])c1cc(CN2CCCC3CCCC32)ccc1Cl. The van der Waals surface area contributed by atoms with E-state index in [0.29, 0.717) is 6.04 Å². The maximum Gasteiger partial charge on any atom is 0.288 e. The van der Waals surface area contributed by atoms with Crippen LogP contribution in [0.2, 0.25) is 5.02 Å². The predicted octanol–water partition coefficient (Wildman–Crippen LogP) is 4.01. The van der Waals surface area contributed by atoms with E-state index in [-0.39, 0.29) is 10.7 Å². The molecule has 1 aromatic carbocycles. The summed E-state index contributed by atoms with van der Waals surface area (Å²) >= 11 is 5.87. The zero-order valence-electron chi connectivity index (χ0n) is 11.4. The van der Waals surface area contributed by atoms with Gasteiger partial charge >= 0.3 is 0 Å². The number of piperidine rings is 1. The van der Waals surface area contributed by atoms with Gasteiger partial charge in [-0.2, -0.15) is 0 Å². The maximum atomic E-state index is 11.0. The van der Waals surface area contributed by atoms with Crippen molar-refractivity contribution in [3.63, 3.8) is 0 Å². The number of likely N-dealkylation sites (tertiary alicyclic amines) is 1. The molecule has 0 spiro atoms. The molecular weight excluding hydrogens is 276 g/mol. The third-order valence-corrected chi connectivity index (χ3v) is 5.02. The molecule has 1 saturated heterocycles. The minimum absolute atomic E-state index is 0.0177. The molecule has 5 heteroatoms. The summed E-state index contributed by atoms with van der Waals surface area (Å²) in [5.74, 6) is 0.839. The molecule has 1 aliphatic heterocycles. The first-order valence-corrected chi connectivity index (χ1v) is 7.70. The van der Waals surface area contributed by atoms with Gasteiger partial charge in [-0.05, 0) is 49.8 Å². The number of fused-ring (bicyclic) bond motifs is 1. The molecule has 2 fully saturated rings. The molecule has 20 heavy (non-hydrogen) atoms. The summed E-state index contributed by atoms with van der Waals surface area (Å²) in [5.41, 5.74) is 1.01. The number of hydrogen-bond acceptors (Lipinski definition) is 3. The Morgan fingerprint density at radius 1 is 1.30 bits per heavy atom. The highest BCUT2D eigenvalue weighted by molar-refractivity contribution is 6.32. The Morgan fingerprint density at radius 2 is 2.10 bits per heavy atom. The second kappa shape index (κ2) is 5.70. The van der Waals surface area contributed by atoms with Crippen molar-refractivity contribution in [1.29, 1.82) is 0 Å². The second-order valence-corrected chi connectivity index (χ2v) is 6.32. The van der Waals surface area contributed by atoms with Crippen LogP contribution in [0.5, 0.6) is 0 Å². The summed E-state index contributed by atoms with van der Waals surface area (Å²) in [7, 11) is 0. The molecule has 4 nitrogen and oxygen atoms in total. The molecule has 1 heterocycles. The lowest BCUT2D eigenvalue weighted by atomic mass is 9.91. The second-order valence-electron chi connectivity index (χ2n) is 5.91. The Labute approximate surface area is 123 Å². The third-order valence-electron chi connectivity index (χ3n) is 4.70. The largest absolute Gasteiger partial charge is 0.296 e. The van der Waals surface area contributed by atoms with Crippen molar-refractivity contribution in [1.82, 2.24) is 4.90 Å². The summed E-state index contributed by atoms with van der Waals surface area (Å²) in [6, 6.07) is 5.86. The van der Waals surface area contributed by atoms with Crippen molar-refractivity contribution < 1.29 is 4.92 Å². The zero-order chi connectivity index (χ0) is 14.1. The number of rotatable bonds is 3. The highest BCUT2D eigenvalue weighted by Gasteiger charge is 2.34. The fourth-order valence-electron chi connectivity index (χ4n) is 3.78. The molecule has 0 amide bonds. The Hall–Kier alpha value is -1.13. The average Bonchev–Trinajstić information content (AvgIpc) is 2.90. The van der Waals surface area contributed by atoms with Crippen LogP contribution in [0.1, 0.15) is 37.7 Å². The topological polar surface area (TPSA) is 46.4 Å².